The Kier molecular flexibility index (Phi) is 4.66. The van der Waals surface area contributed by atoms with Gasteiger partial charge in [0.15, 0.2) is 0 Å². The van der Waals surface area contributed by atoms with Crippen molar-refractivity contribution < 1.29 is 9.90 Å². The standard InChI is InChI=1S/C16H21N5O2/c1-11-5-4-7-14(17-11)16(23)18-13-6-2-3-8-15(13)21-9-12(10-22)19-20-21/h4-5,7,9,13,15,22H,2-3,6,8,10H2,1H3,(H,18,23)/t13-,15+/m0/s1. The van der Waals surface area contributed by atoms with E-state index >= 15 is 0 Å². The van der Waals surface area contributed by atoms with Gasteiger partial charge in [0.2, 0.25) is 0 Å². The fourth-order valence-corrected chi connectivity index (χ4v) is 3.06. The molecule has 7 heteroatoms. The predicted octanol–water partition coefficient (Wildman–Crippen LogP) is 1.39. The summed E-state index contributed by atoms with van der Waals surface area (Å²) in [5, 5.41) is 20.3. The summed E-state index contributed by atoms with van der Waals surface area (Å²) in [7, 11) is 0. The van der Waals surface area contributed by atoms with E-state index in [2.05, 4.69) is 20.6 Å². The number of pyridine rings is 1. The zero-order valence-corrected chi connectivity index (χ0v) is 13.1. The number of hydrogen-bond acceptors (Lipinski definition) is 5. The molecular formula is C16H21N5O2. The van der Waals surface area contributed by atoms with Crippen molar-refractivity contribution in [2.75, 3.05) is 0 Å². The molecule has 0 aromatic carbocycles. The third-order valence-electron chi connectivity index (χ3n) is 4.23. The van der Waals surface area contributed by atoms with E-state index in [-0.39, 0.29) is 24.6 Å². The van der Waals surface area contributed by atoms with E-state index < -0.39 is 0 Å². The Labute approximate surface area is 134 Å². The molecule has 2 N–H and O–H groups in total. The van der Waals surface area contributed by atoms with Gasteiger partial charge >= 0.3 is 0 Å². The predicted molar refractivity (Wildman–Crippen MR) is 83.7 cm³/mol. The fraction of sp³-hybridized carbons (Fsp3) is 0.500. The van der Waals surface area contributed by atoms with Gasteiger partial charge in [-0.1, -0.05) is 24.1 Å². The molecule has 1 aliphatic rings. The highest BCUT2D eigenvalue weighted by Crippen LogP contribution is 2.28. The van der Waals surface area contributed by atoms with Crippen molar-refractivity contribution >= 4 is 5.91 Å². The van der Waals surface area contributed by atoms with Crippen molar-refractivity contribution in [3.05, 3.63) is 41.5 Å². The quantitative estimate of drug-likeness (QED) is 0.889. The summed E-state index contributed by atoms with van der Waals surface area (Å²) in [6, 6.07) is 5.48. The van der Waals surface area contributed by atoms with E-state index in [1.54, 1.807) is 16.9 Å². The Morgan fingerprint density at radius 1 is 1.39 bits per heavy atom. The van der Waals surface area contributed by atoms with Crippen LogP contribution in [0.3, 0.4) is 0 Å². The molecule has 1 amide bonds. The Bertz CT molecular complexity index is 685. The topological polar surface area (TPSA) is 92.9 Å². The second-order valence-corrected chi connectivity index (χ2v) is 5.94. The molecule has 1 aliphatic carbocycles. The van der Waals surface area contributed by atoms with Gasteiger partial charge in [-0.2, -0.15) is 0 Å². The number of aliphatic hydroxyl groups excluding tert-OH is 1. The van der Waals surface area contributed by atoms with Gasteiger partial charge in [-0.3, -0.25) is 4.79 Å². The Balaban J connectivity index is 1.75. The van der Waals surface area contributed by atoms with Crippen molar-refractivity contribution in [1.82, 2.24) is 25.3 Å². The maximum atomic E-state index is 12.4. The molecule has 2 atom stereocenters. The molecule has 0 saturated heterocycles. The second kappa shape index (κ2) is 6.87. The van der Waals surface area contributed by atoms with E-state index in [0.29, 0.717) is 11.4 Å². The zero-order chi connectivity index (χ0) is 16.2. The van der Waals surface area contributed by atoms with Crippen LogP contribution in [0.1, 0.15) is 53.6 Å². The Hall–Kier alpha value is -2.28. The van der Waals surface area contributed by atoms with Crippen LogP contribution < -0.4 is 5.32 Å². The van der Waals surface area contributed by atoms with Crippen molar-refractivity contribution in [2.45, 2.75) is 51.3 Å². The molecule has 0 radical (unpaired) electrons. The molecule has 1 fully saturated rings. The van der Waals surface area contributed by atoms with E-state index in [1.807, 2.05) is 19.1 Å². The van der Waals surface area contributed by atoms with Crippen LogP contribution in [-0.2, 0) is 6.61 Å². The molecule has 1 saturated carbocycles. The first-order chi connectivity index (χ1) is 11.2. The van der Waals surface area contributed by atoms with Gasteiger partial charge in [0.05, 0.1) is 24.9 Å². The lowest BCUT2D eigenvalue weighted by atomic mass is 9.90. The van der Waals surface area contributed by atoms with Gasteiger partial charge in [0.1, 0.15) is 11.4 Å². The summed E-state index contributed by atoms with van der Waals surface area (Å²) in [4.78, 5) is 16.7. The molecule has 2 heterocycles. The monoisotopic (exact) mass is 315 g/mol. The van der Waals surface area contributed by atoms with Crippen molar-refractivity contribution in [1.29, 1.82) is 0 Å². The first-order valence-electron chi connectivity index (χ1n) is 7.93. The highest BCUT2D eigenvalue weighted by Gasteiger charge is 2.29. The SMILES string of the molecule is Cc1cccc(C(=O)N[C@H]2CCCC[C@H]2n2cc(CO)nn2)n1. The maximum absolute atomic E-state index is 12.4. The minimum atomic E-state index is -0.159. The lowest BCUT2D eigenvalue weighted by molar-refractivity contribution is 0.0899. The van der Waals surface area contributed by atoms with Crippen molar-refractivity contribution in [2.24, 2.45) is 0 Å². The van der Waals surface area contributed by atoms with Crippen LogP contribution in [0, 0.1) is 6.92 Å². The lowest BCUT2D eigenvalue weighted by Crippen LogP contribution is -2.43. The minimum Gasteiger partial charge on any atom is -0.390 e. The van der Waals surface area contributed by atoms with Crippen LogP contribution in [-0.4, -0.2) is 37.0 Å². The van der Waals surface area contributed by atoms with E-state index in [1.165, 1.54) is 0 Å². The summed E-state index contributed by atoms with van der Waals surface area (Å²) < 4.78 is 1.76. The van der Waals surface area contributed by atoms with Gasteiger partial charge in [-0.05, 0) is 31.9 Å². The number of aromatic nitrogens is 4. The summed E-state index contributed by atoms with van der Waals surface area (Å²) >= 11 is 0. The molecule has 3 rings (SSSR count). The number of amides is 1. The molecule has 23 heavy (non-hydrogen) atoms. The second-order valence-electron chi connectivity index (χ2n) is 5.94. The summed E-state index contributed by atoms with van der Waals surface area (Å²) in [6.07, 6.45) is 5.75. The smallest absolute Gasteiger partial charge is 0.270 e. The third-order valence-corrected chi connectivity index (χ3v) is 4.23. The van der Waals surface area contributed by atoms with E-state index in [0.717, 1.165) is 31.4 Å². The van der Waals surface area contributed by atoms with Crippen LogP contribution in [0.2, 0.25) is 0 Å². The number of carbonyl (C=O) groups is 1. The van der Waals surface area contributed by atoms with Crippen LogP contribution in [0.5, 0.6) is 0 Å². The number of aliphatic hydroxyl groups is 1. The van der Waals surface area contributed by atoms with Gasteiger partial charge in [-0.25, -0.2) is 9.67 Å². The summed E-state index contributed by atoms with van der Waals surface area (Å²) in [5.74, 6) is -0.159. The largest absolute Gasteiger partial charge is 0.390 e. The molecule has 0 spiro atoms. The minimum absolute atomic E-state index is 0.00759. The first kappa shape index (κ1) is 15.6. The molecular weight excluding hydrogens is 294 g/mol. The van der Waals surface area contributed by atoms with Crippen LogP contribution >= 0.6 is 0 Å². The number of rotatable bonds is 4. The highest BCUT2D eigenvalue weighted by atomic mass is 16.3. The molecule has 7 nitrogen and oxygen atoms in total. The molecule has 2 aromatic rings. The highest BCUT2D eigenvalue weighted by molar-refractivity contribution is 5.92. The summed E-state index contributed by atoms with van der Waals surface area (Å²) in [6.45, 7) is 1.74. The number of aryl methyl sites for hydroxylation is 1. The average molecular weight is 315 g/mol. The van der Waals surface area contributed by atoms with Gasteiger partial charge < -0.3 is 10.4 Å². The van der Waals surface area contributed by atoms with Crippen LogP contribution in [0.25, 0.3) is 0 Å². The molecule has 122 valence electrons. The van der Waals surface area contributed by atoms with Gasteiger partial charge in [-0.15, -0.1) is 5.10 Å². The molecule has 0 bridgehead atoms. The number of hydrogen-bond donors (Lipinski definition) is 2. The van der Waals surface area contributed by atoms with Gasteiger partial charge in [0.25, 0.3) is 5.91 Å². The summed E-state index contributed by atoms with van der Waals surface area (Å²) in [5.41, 5.74) is 1.80. The normalized spacial score (nSPS) is 21.1. The average Bonchev–Trinajstić information content (AvgIpc) is 3.04. The zero-order valence-electron chi connectivity index (χ0n) is 13.1. The maximum Gasteiger partial charge on any atom is 0.270 e. The molecule has 0 unspecified atom stereocenters. The Morgan fingerprint density at radius 2 is 2.22 bits per heavy atom. The Morgan fingerprint density at radius 3 is 2.96 bits per heavy atom. The molecule has 2 aromatic heterocycles. The van der Waals surface area contributed by atoms with Crippen molar-refractivity contribution in [3.63, 3.8) is 0 Å². The van der Waals surface area contributed by atoms with Crippen LogP contribution in [0.15, 0.2) is 24.4 Å². The number of nitrogens with one attached hydrogen (secondary N) is 1. The number of carbonyl (C=O) groups excluding carboxylic acids is 1. The van der Waals surface area contributed by atoms with E-state index in [4.69, 9.17) is 5.11 Å². The first-order valence-corrected chi connectivity index (χ1v) is 7.93. The fourth-order valence-electron chi connectivity index (χ4n) is 3.06. The van der Waals surface area contributed by atoms with Crippen LogP contribution in [0.4, 0.5) is 0 Å². The third kappa shape index (κ3) is 3.56. The van der Waals surface area contributed by atoms with Crippen molar-refractivity contribution in [3.8, 4) is 0 Å². The van der Waals surface area contributed by atoms with Gasteiger partial charge in [0, 0.05) is 5.69 Å². The number of nitrogens with zero attached hydrogens (tertiary/aromatic N) is 4. The van der Waals surface area contributed by atoms with E-state index in [9.17, 15) is 4.79 Å². The molecule has 0 aliphatic heterocycles. The lowest BCUT2D eigenvalue weighted by Gasteiger charge is -2.31.